The van der Waals surface area contributed by atoms with Crippen LogP contribution in [0.3, 0.4) is 0 Å². The van der Waals surface area contributed by atoms with E-state index in [9.17, 15) is 9.59 Å². The summed E-state index contributed by atoms with van der Waals surface area (Å²) in [5, 5.41) is 8.28. The molecule has 3 aromatic heterocycles. The maximum Gasteiger partial charge on any atom is 0.350 e. The normalized spacial score (nSPS) is 11.3. The van der Waals surface area contributed by atoms with Crippen LogP contribution in [0.2, 0.25) is 0 Å². The first-order valence-electron chi connectivity index (χ1n) is 8.84. The van der Waals surface area contributed by atoms with E-state index in [1.165, 1.54) is 4.68 Å². The highest BCUT2D eigenvalue weighted by molar-refractivity contribution is 5.83. The summed E-state index contributed by atoms with van der Waals surface area (Å²) in [4.78, 5) is 28.7. The number of carbonyl (C=O) groups excluding carboxylic acids is 1. The second-order valence-corrected chi connectivity index (χ2v) is 6.45. The van der Waals surface area contributed by atoms with E-state index >= 15 is 0 Å². The molecular formula is C19H20N6O2. The van der Waals surface area contributed by atoms with Crippen LogP contribution in [0.4, 0.5) is 0 Å². The topological polar surface area (TPSA) is 86.2 Å². The fourth-order valence-electron chi connectivity index (χ4n) is 3.18. The first kappa shape index (κ1) is 17.0. The number of para-hydroxylation sites is 1. The number of fused-ring (bicyclic) bond motifs is 3. The molecule has 0 aliphatic rings. The Morgan fingerprint density at radius 3 is 2.89 bits per heavy atom. The van der Waals surface area contributed by atoms with Gasteiger partial charge >= 0.3 is 5.69 Å². The van der Waals surface area contributed by atoms with Crippen molar-refractivity contribution in [3.05, 3.63) is 65.1 Å². The molecule has 1 amide bonds. The average Bonchev–Trinajstić information content (AvgIpc) is 3.29. The van der Waals surface area contributed by atoms with Gasteiger partial charge in [-0.2, -0.15) is 0 Å². The number of pyridine rings is 1. The van der Waals surface area contributed by atoms with Gasteiger partial charge in [0.05, 0.1) is 18.4 Å². The van der Waals surface area contributed by atoms with E-state index in [-0.39, 0.29) is 11.6 Å². The van der Waals surface area contributed by atoms with Crippen LogP contribution in [0.1, 0.15) is 12.0 Å². The number of amides is 1. The minimum Gasteiger partial charge on any atom is -0.354 e. The summed E-state index contributed by atoms with van der Waals surface area (Å²) in [7, 11) is 0. The summed E-state index contributed by atoms with van der Waals surface area (Å²) < 4.78 is 4.89. The number of aryl methyl sites for hydroxylation is 2. The van der Waals surface area contributed by atoms with E-state index in [0.717, 1.165) is 16.5 Å². The second-order valence-electron chi connectivity index (χ2n) is 6.45. The second kappa shape index (κ2) is 7.06. The molecule has 3 heterocycles. The molecule has 0 fully saturated rings. The first-order chi connectivity index (χ1) is 13.1. The molecule has 0 aliphatic carbocycles. The van der Waals surface area contributed by atoms with Crippen molar-refractivity contribution in [1.29, 1.82) is 0 Å². The molecule has 0 saturated carbocycles. The monoisotopic (exact) mass is 364 g/mol. The summed E-state index contributed by atoms with van der Waals surface area (Å²) >= 11 is 0. The van der Waals surface area contributed by atoms with Gasteiger partial charge in [0, 0.05) is 31.9 Å². The van der Waals surface area contributed by atoms with Gasteiger partial charge in [-0.05, 0) is 30.0 Å². The van der Waals surface area contributed by atoms with E-state index in [0.29, 0.717) is 31.7 Å². The van der Waals surface area contributed by atoms with Crippen molar-refractivity contribution in [3.63, 3.8) is 0 Å². The third kappa shape index (κ3) is 3.33. The fourth-order valence-corrected chi connectivity index (χ4v) is 3.18. The summed E-state index contributed by atoms with van der Waals surface area (Å²) in [5.41, 5.74) is 2.22. The number of nitrogens with zero attached hydrogens (tertiary/aromatic N) is 5. The molecule has 0 unspecified atom stereocenters. The number of nitrogens with one attached hydrogen (secondary N) is 1. The zero-order chi connectivity index (χ0) is 18.8. The summed E-state index contributed by atoms with van der Waals surface area (Å²) in [6.07, 6.45) is 5.53. The number of hydrogen-bond acceptors (Lipinski definition) is 4. The maximum atomic E-state index is 12.8. The molecule has 0 aliphatic heterocycles. The van der Waals surface area contributed by atoms with Gasteiger partial charge in [-0.3, -0.25) is 4.79 Å². The van der Waals surface area contributed by atoms with Gasteiger partial charge < -0.3 is 9.88 Å². The quantitative estimate of drug-likeness (QED) is 0.560. The molecular weight excluding hydrogens is 344 g/mol. The molecule has 27 heavy (non-hydrogen) atoms. The minimum absolute atomic E-state index is 0.0675. The SMILES string of the molecule is Cc1cc2ccccc2n2c(=O)n(CCNC(=O)CCn3ccnc3)nc12. The van der Waals surface area contributed by atoms with Crippen molar-refractivity contribution in [2.45, 2.75) is 26.4 Å². The zero-order valence-corrected chi connectivity index (χ0v) is 15.0. The Morgan fingerprint density at radius 2 is 2.07 bits per heavy atom. The van der Waals surface area contributed by atoms with E-state index in [4.69, 9.17) is 0 Å². The predicted octanol–water partition coefficient (Wildman–Crippen LogP) is 1.36. The predicted molar refractivity (Wildman–Crippen MR) is 102 cm³/mol. The van der Waals surface area contributed by atoms with Crippen LogP contribution in [0.15, 0.2) is 53.8 Å². The molecule has 4 aromatic rings. The number of benzene rings is 1. The Labute approximate surface area is 155 Å². The summed E-state index contributed by atoms with van der Waals surface area (Å²) in [6.45, 7) is 3.19. The van der Waals surface area contributed by atoms with Crippen LogP contribution in [-0.4, -0.2) is 36.2 Å². The molecule has 0 saturated heterocycles. The van der Waals surface area contributed by atoms with Crippen LogP contribution >= 0.6 is 0 Å². The lowest BCUT2D eigenvalue weighted by atomic mass is 10.1. The Balaban J connectivity index is 1.47. The molecule has 0 atom stereocenters. The lowest BCUT2D eigenvalue weighted by Crippen LogP contribution is -2.31. The van der Waals surface area contributed by atoms with Crippen molar-refractivity contribution in [2.75, 3.05) is 6.54 Å². The largest absolute Gasteiger partial charge is 0.354 e. The molecule has 0 radical (unpaired) electrons. The molecule has 4 rings (SSSR count). The van der Waals surface area contributed by atoms with Crippen LogP contribution in [0, 0.1) is 6.92 Å². The minimum atomic E-state index is -0.197. The lowest BCUT2D eigenvalue weighted by Gasteiger charge is -2.05. The number of rotatable bonds is 6. The fraction of sp³-hybridized carbons (Fsp3) is 0.263. The molecule has 8 heteroatoms. The van der Waals surface area contributed by atoms with Crippen molar-refractivity contribution < 1.29 is 4.79 Å². The van der Waals surface area contributed by atoms with Gasteiger partial charge in [-0.25, -0.2) is 18.9 Å². The standard InChI is InChI=1S/C19H20N6O2/c1-14-12-15-4-2-3-5-16(15)25-18(14)22-24(19(25)27)11-8-21-17(26)6-9-23-10-7-20-13-23/h2-5,7,10,12-13H,6,8-9,11H2,1H3,(H,21,26). The van der Waals surface area contributed by atoms with Gasteiger partial charge in [0.15, 0.2) is 5.65 Å². The van der Waals surface area contributed by atoms with Gasteiger partial charge in [-0.15, -0.1) is 5.10 Å². The number of imidazole rings is 1. The number of carbonyl (C=O) groups is 1. The van der Waals surface area contributed by atoms with Gasteiger partial charge in [-0.1, -0.05) is 18.2 Å². The molecule has 1 N–H and O–H groups in total. The number of hydrogen-bond donors (Lipinski definition) is 1. The smallest absolute Gasteiger partial charge is 0.350 e. The van der Waals surface area contributed by atoms with Gasteiger partial charge in [0.2, 0.25) is 5.91 Å². The van der Waals surface area contributed by atoms with E-state index < -0.39 is 0 Å². The highest BCUT2D eigenvalue weighted by atomic mass is 16.2. The maximum absolute atomic E-state index is 12.8. The number of aromatic nitrogens is 5. The Hall–Kier alpha value is -3.42. The van der Waals surface area contributed by atoms with Crippen molar-refractivity contribution in [1.82, 2.24) is 29.0 Å². The third-order valence-corrected chi connectivity index (χ3v) is 4.54. The molecule has 0 spiro atoms. The van der Waals surface area contributed by atoms with E-state index in [1.54, 1.807) is 16.9 Å². The third-order valence-electron chi connectivity index (χ3n) is 4.54. The van der Waals surface area contributed by atoms with Crippen LogP contribution < -0.4 is 11.0 Å². The van der Waals surface area contributed by atoms with E-state index in [1.807, 2.05) is 48.0 Å². The highest BCUT2D eigenvalue weighted by Crippen LogP contribution is 2.17. The summed E-state index contributed by atoms with van der Waals surface area (Å²) in [5.74, 6) is -0.0675. The van der Waals surface area contributed by atoms with Crippen LogP contribution in [0.25, 0.3) is 16.6 Å². The first-order valence-corrected chi connectivity index (χ1v) is 8.84. The zero-order valence-electron chi connectivity index (χ0n) is 15.0. The molecule has 1 aromatic carbocycles. The Kier molecular flexibility index (Phi) is 4.45. The van der Waals surface area contributed by atoms with Gasteiger partial charge in [0.1, 0.15) is 0 Å². The molecule has 138 valence electrons. The van der Waals surface area contributed by atoms with Crippen LogP contribution in [0.5, 0.6) is 0 Å². The average molecular weight is 364 g/mol. The van der Waals surface area contributed by atoms with E-state index in [2.05, 4.69) is 15.4 Å². The molecule has 0 bridgehead atoms. The van der Waals surface area contributed by atoms with Crippen LogP contribution in [-0.2, 0) is 17.9 Å². The Bertz CT molecular complexity index is 1160. The van der Waals surface area contributed by atoms with Crippen molar-refractivity contribution in [3.8, 4) is 0 Å². The van der Waals surface area contributed by atoms with Crippen molar-refractivity contribution >= 4 is 22.5 Å². The van der Waals surface area contributed by atoms with Crippen molar-refractivity contribution in [2.24, 2.45) is 0 Å². The molecule has 8 nitrogen and oxygen atoms in total. The van der Waals surface area contributed by atoms with Gasteiger partial charge in [0.25, 0.3) is 0 Å². The highest BCUT2D eigenvalue weighted by Gasteiger charge is 2.12. The lowest BCUT2D eigenvalue weighted by molar-refractivity contribution is -0.121. The Morgan fingerprint density at radius 1 is 1.22 bits per heavy atom. The summed E-state index contributed by atoms with van der Waals surface area (Å²) in [6, 6.07) is 9.77.